The fourth-order valence-corrected chi connectivity index (χ4v) is 5.85. The number of allylic oxidation sites excluding steroid dienone is 4. The summed E-state index contributed by atoms with van der Waals surface area (Å²) in [6.45, 7) is 3.85. The molecule has 1 saturated heterocycles. The van der Waals surface area contributed by atoms with Gasteiger partial charge in [0.2, 0.25) is 0 Å². The summed E-state index contributed by atoms with van der Waals surface area (Å²) < 4.78 is 6.02. The van der Waals surface area contributed by atoms with Gasteiger partial charge in [0.25, 0.3) is 0 Å². The standard InChI is InChI=1S/C28H32ClNO2/c29-17-20-18-30(19-20)14-15-32-25-10-6-22(7-11-25)28-26(21-4-2-1-3-5-21)12-8-23-16-24(31)9-13-27(23)28/h1-4,6-7,9-11,13,16,20-21,26,28,31H,5,8,12,14-15,17-19H2/t21?,26-,28+/m1/s1. The normalized spacial score (nSPS) is 25.3. The maximum Gasteiger partial charge on any atom is 0.119 e. The smallest absolute Gasteiger partial charge is 0.119 e. The molecule has 1 N–H and O–H groups in total. The van der Waals surface area contributed by atoms with Gasteiger partial charge >= 0.3 is 0 Å². The number of rotatable bonds is 7. The number of alkyl halides is 1. The lowest BCUT2D eigenvalue weighted by molar-refractivity contribution is 0.0950. The summed E-state index contributed by atoms with van der Waals surface area (Å²) in [5.41, 5.74) is 3.98. The van der Waals surface area contributed by atoms with Crippen molar-refractivity contribution in [1.82, 2.24) is 4.90 Å². The van der Waals surface area contributed by atoms with Crippen LogP contribution in [0.5, 0.6) is 11.5 Å². The molecule has 0 bridgehead atoms. The van der Waals surface area contributed by atoms with Gasteiger partial charge in [-0.3, -0.25) is 4.90 Å². The second-order valence-corrected chi connectivity index (χ2v) is 9.78. The lowest BCUT2D eigenvalue weighted by atomic mass is 9.66. The summed E-state index contributed by atoms with van der Waals surface area (Å²) in [5.74, 6) is 4.16. The molecule has 3 nitrogen and oxygen atoms in total. The predicted molar refractivity (Wildman–Crippen MR) is 131 cm³/mol. The Morgan fingerprint density at radius 2 is 1.91 bits per heavy atom. The number of phenols is 1. The van der Waals surface area contributed by atoms with Gasteiger partial charge in [-0.15, -0.1) is 11.6 Å². The van der Waals surface area contributed by atoms with Gasteiger partial charge in [-0.2, -0.15) is 0 Å². The molecule has 0 aromatic heterocycles. The summed E-state index contributed by atoms with van der Waals surface area (Å²) in [4.78, 5) is 2.40. The topological polar surface area (TPSA) is 32.7 Å². The molecule has 0 radical (unpaired) electrons. The van der Waals surface area contributed by atoms with Crippen molar-refractivity contribution in [3.8, 4) is 11.5 Å². The number of halogens is 1. The van der Waals surface area contributed by atoms with E-state index in [1.807, 2.05) is 12.1 Å². The van der Waals surface area contributed by atoms with Crippen LogP contribution in [-0.4, -0.2) is 42.1 Å². The Balaban J connectivity index is 1.31. The minimum Gasteiger partial charge on any atom is -0.508 e. The maximum absolute atomic E-state index is 10.0. The number of likely N-dealkylation sites (tertiary alicyclic amines) is 1. The highest BCUT2D eigenvalue weighted by Gasteiger charge is 2.35. The second-order valence-electron chi connectivity index (χ2n) is 9.47. The van der Waals surface area contributed by atoms with Crippen molar-refractivity contribution >= 4 is 11.6 Å². The number of phenolic OH excluding ortho intramolecular Hbond substituents is 1. The highest BCUT2D eigenvalue weighted by molar-refractivity contribution is 6.18. The van der Waals surface area contributed by atoms with Gasteiger partial charge in [-0.1, -0.05) is 42.5 Å². The zero-order valence-electron chi connectivity index (χ0n) is 18.5. The monoisotopic (exact) mass is 449 g/mol. The Bertz CT molecular complexity index is 977. The van der Waals surface area contributed by atoms with Crippen LogP contribution in [0.15, 0.2) is 66.8 Å². The minimum atomic E-state index is 0.336. The quantitative estimate of drug-likeness (QED) is 0.545. The number of hydrogen-bond donors (Lipinski definition) is 1. The van der Waals surface area contributed by atoms with Crippen LogP contribution in [0, 0.1) is 17.8 Å². The Kier molecular flexibility index (Phi) is 6.56. The number of benzene rings is 2. The molecule has 3 aliphatic rings. The average Bonchev–Trinajstić information content (AvgIpc) is 2.80. The van der Waals surface area contributed by atoms with Gasteiger partial charge < -0.3 is 9.84 Å². The highest BCUT2D eigenvalue weighted by atomic mass is 35.5. The molecule has 1 unspecified atom stereocenters. The van der Waals surface area contributed by atoms with Crippen molar-refractivity contribution in [2.24, 2.45) is 17.8 Å². The largest absolute Gasteiger partial charge is 0.508 e. The van der Waals surface area contributed by atoms with Crippen LogP contribution in [0.3, 0.4) is 0 Å². The van der Waals surface area contributed by atoms with Gasteiger partial charge in [-0.05, 0) is 78.0 Å². The molecule has 2 aliphatic carbocycles. The van der Waals surface area contributed by atoms with Crippen LogP contribution in [-0.2, 0) is 6.42 Å². The van der Waals surface area contributed by atoms with Gasteiger partial charge in [0.15, 0.2) is 0 Å². The molecule has 0 spiro atoms. The van der Waals surface area contributed by atoms with Crippen LogP contribution in [0.25, 0.3) is 0 Å². The molecule has 168 valence electrons. The van der Waals surface area contributed by atoms with E-state index in [-0.39, 0.29) is 0 Å². The Morgan fingerprint density at radius 3 is 2.66 bits per heavy atom. The van der Waals surface area contributed by atoms with E-state index in [9.17, 15) is 5.11 Å². The van der Waals surface area contributed by atoms with Crippen LogP contribution in [0.4, 0.5) is 0 Å². The number of aryl methyl sites for hydroxylation is 1. The Labute approximate surface area is 196 Å². The van der Waals surface area contributed by atoms with Gasteiger partial charge in [0, 0.05) is 31.4 Å². The molecule has 0 saturated carbocycles. The predicted octanol–water partition coefficient (Wildman–Crippen LogP) is 5.77. The lowest BCUT2D eigenvalue weighted by Gasteiger charge is -2.38. The molecule has 1 heterocycles. The molecule has 0 amide bonds. The average molecular weight is 450 g/mol. The van der Waals surface area contributed by atoms with E-state index in [1.165, 1.54) is 16.7 Å². The van der Waals surface area contributed by atoms with E-state index < -0.39 is 0 Å². The Hall–Kier alpha value is -2.23. The molecule has 32 heavy (non-hydrogen) atoms. The number of fused-ring (bicyclic) bond motifs is 1. The fraction of sp³-hybridized carbons (Fsp3) is 0.429. The lowest BCUT2D eigenvalue weighted by Crippen LogP contribution is -2.48. The van der Waals surface area contributed by atoms with E-state index in [1.54, 1.807) is 0 Å². The van der Waals surface area contributed by atoms with Gasteiger partial charge in [0.05, 0.1) is 0 Å². The van der Waals surface area contributed by atoms with Crippen molar-refractivity contribution in [3.63, 3.8) is 0 Å². The molecular formula is C28H32ClNO2. The molecule has 2 aromatic rings. The van der Waals surface area contributed by atoms with Crippen LogP contribution < -0.4 is 4.74 Å². The number of aromatic hydroxyl groups is 1. The zero-order valence-corrected chi connectivity index (χ0v) is 19.3. The van der Waals surface area contributed by atoms with Gasteiger partial charge in [-0.25, -0.2) is 0 Å². The van der Waals surface area contributed by atoms with Crippen molar-refractivity contribution in [1.29, 1.82) is 0 Å². The summed E-state index contributed by atoms with van der Waals surface area (Å²) in [6.07, 6.45) is 12.3. The molecule has 2 aromatic carbocycles. The van der Waals surface area contributed by atoms with E-state index in [0.717, 1.165) is 50.5 Å². The summed E-state index contributed by atoms with van der Waals surface area (Å²) in [5, 5.41) is 10.0. The van der Waals surface area contributed by atoms with Crippen molar-refractivity contribution in [2.45, 2.75) is 25.2 Å². The van der Waals surface area contributed by atoms with E-state index in [0.29, 0.717) is 36.0 Å². The maximum atomic E-state index is 10.0. The number of nitrogens with zero attached hydrogens (tertiary/aromatic N) is 1. The first kappa shape index (κ1) is 21.6. The third kappa shape index (κ3) is 4.60. The van der Waals surface area contributed by atoms with Gasteiger partial charge in [0.1, 0.15) is 18.1 Å². The van der Waals surface area contributed by atoms with Crippen molar-refractivity contribution in [3.05, 3.63) is 83.5 Å². The number of ether oxygens (including phenoxy) is 1. The summed E-state index contributed by atoms with van der Waals surface area (Å²) in [6, 6.07) is 14.7. The number of hydrogen-bond acceptors (Lipinski definition) is 3. The first-order valence-electron chi connectivity index (χ1n) is 11.9. The Morgan fingerprint density at radius 1 is 1.06 bits per heavy atom. The molecule has 3 atom stereocenters. The van der Waals surface area contributed by atoms with Crippen molar-refractivity contribution < 1.29 is 9.84 Å². The third-order valence-corrected chi connectivity index (χ3v) is 7.80. The molecule has 4 heteroatoms. The molecular weight excluding hydrogens is 418 g/mol. The third-order valence-electron chi connectivity index (χ3n) is 7.37. The first-order valence-corrected chi connectivity index (χ1v) is 12.4. The molecule has 5 rings (SSSR count). The van der Waals surface area contributed by atoms with E-state index in [4.69, 9.17) is 16.3 Å². The van der Waals surface area contributed by atoms with Crippen LogP contribution >= 0.6 is 11.6 Å². The van der Waals surface area contributed by atoms with Crippen LogP contribution in [0.2, 0.25) is 0 Å². The SMILES string of the molecule is Oc1ccc2c(c1)CC[C@H](C1C=CC=CC1)[C@@H]2c1ccc(OCCN2CC(CCl)C2)cc1. The zero-order chi connectivity index (χ0) is 21.9. The summed E-state index contributed by atoms with van der Waals surface area (Å²) >= 11 is 5.90. The summed E-state index contributed by atoms with van der Waals surface area (Å²) in [7, 11) is 0. The second kappa shape index (κ2) is 9.72. The molecule has 1 fully saturated rings. The van der Waals surface area contributed by atoms with Crippen LogP contribution in [0.1, 0.15) is 35.4 Å². The van der Waals surface area contributed by atoms with E-state index >= 15 is 0 Å². The first-order chi connectivity index (χ1) is 15.7. The van der Waals surface area contributed by atoms with Crippen molar-refractivity contribution in [2.75, 3.05) is 32.1 Å². The highest BCUT2D eigenvalue weighted by Crippen LogP contribution is 2.47. The minimum absolute atomic E-state index is 0.336. The fourth-order valence-electron chi connectivity index (χ4n) is 5.66. The molecule has 1 aliphatic heterocycles. The van der Waals surface area contributed by atoms with E-state index in [2.05, 4.69) is 59.5 Å².